The molecule has 1 aromatic rings. The third-order valence-electron chi connectivity index (χ3n) is 4.61. The van der Waals surface area contributed by atoms with Crippen LogP contribution in [0.2, 0.25) is 0 Å². The highest BCUT2D eigenvalue weighted by Crippen LogP contribution is 2.34. The van der Waals surface area contributed by atoms with E-state index in [0.29, 0.717) is 29.8 Å². The van der Waals surface area contributed by atoms with Crippen LogP contribution >= 0.6 is 11.3 Å². The maximum atomic E-state index is 12.9. The fourth-order valence-corrected chi connectivity index (χ4v) is 4.31. The van der Waals surface area contributed by atoms with Gasteiger partial charge in [-0.25, -0.2) is 9.59 Å². The minimum atomic E-state index is -0.594. The smallest absolute Gasteiger partial charge is 0.409 e. The van der Waals surface area contributed by atoms with Gasteiger partial charge in [-0.05, 0) is 39.2 Å². The molecule has 1 saturated heterocycles. The SMILES string of the molecule is CCOC(=O)c1c(NC(=O)[C@H]2CCCN(C(=O)OCC)C2)sc(C(=O)NC)c1C. The van der Waals surface area contributed by atoms with Crippen LogP contribution in [0.5, 0.6) is 0 Å². The summed E-state index contributed by atoms with van der Waals surface area (Å²) in [6.45, 7) is 6.28. The van der Waals surface area contributed by atoms with Crippen LogP contribution in [-0.4, -0.2) is 62.1 Å². The Morgan fingerprint density at radius 3 is 2.48 bits per heavy atom. The lowest BCUT2D eigenvalue weighted by Gasteiger charge is -2.31. The predicted octanol–water partition coefficient (Wildman–Crippen LogP) is 2.40. The van der Waals surface area contributed by atoms with E-state index in [1.165, 1.54) is 11.9 Å². The van der Waals surface area contributed by atoms with Crippen molar-refractivity contribution in [1.29, 1.82) is 0 Å². The number of ether oxygens (including phenoxy) is 2. The molecule has 29 heavy (non-hydrogen) atoms. The van der Waals surface area contributed by atoms with Crippen LogP contribution in [0.25, 0.3) is 0 Å². The summed E-state index contributed by atoms with van der Waals surface area (Å²) >= 11 is 1.03. The maximum absolute atomic E-state index is 12.9. The highest BCUT2D eigenvalue weighted by Gasteiger charge is 2.32. The molecular formula is C19H27N3O6S. The molecule has 9 nitrogen and oxygen atoms in total. The lowest BCUT2D eigenvalue weighted by atomic mass is 9.97. The van der Waals surface area contributed by atoms with E-state index in [1.54, 1.807) is 20.8 Å². The second-order valence-corrected chi connectivity index (χ2v) is 7.55. The van der Waals surface area contributed by atoms with Crippen LogP contribution in [-0.2, 0) is 14.3 Å². The molecule has 1 fully saturated rings. The monoisotopic (exact) mass is 425 g/mol. The number of carbonyl (C=O) groups is 4. The number of hydrogen-bond donors (Lipinski definition) is 2. The van der Waals surface area contributed by atoms with Crippen molar-refractivity contribution in [2.75, 3.05) is 38.7 Å². The number of amides is 3. The number of carbonyl (C=O) groups excluding carboxylic acids is 4. The molecule has 1 aromatic heterocycles. The number of esters is 1. The van der Waals surface area contributed by atoms with Gasteiger partial charge in [-0.3, -0.25) is 9.59 Å². The van der Waals surface area contributed by atoms with E-state index in [4.69, 9.17) is 9.47 Å². The lowest BCUT2D eigenvalue weighted by molar-refractivity contribution is -0.121. The van der Waals surface area contributed by atoms with E-state index in [9.17, 15) is 19.2 Å². The molecule has 0 spiro atoms. The fraction of sp³-hybridized carbons (Fsp3) is 0.579. The molecular weight excluding hydrogens is 398 g/mol. The zero-order valence-corrected chi connectivity index (χ0v) is 17.9. The number of nitrogens with one attached hydrogen (secondary N) is 2. The van der Waals surface area contributed by atoms with Crippen molar-refractivity contribution >= 4 is 40.2 Å². The van der Waals surface area contributed by atoms with Gasteiger partial charge < -0.3 is 25.0 Å². The van der Waals surface area contributed by atoms with E-state index in [0.717, 1.165) is 11.3 Å². The first-order valence-electron chi connectivity index (χ1n) is 9.59. The summed E-state index contributed by atoms with van der Waals surface area (Å²) < 4.78 is 10.1. The molecule has 0 saturated carbocycles. The van der Waals surface area contributed by atoms with Gasteiger partial charge in [-0.15, -0.1) is 11.3 Å². The molecule has 10 heteroatoms. The van der Waals surface area contributed by atoms with Gasteiger partial charge in [0.2, 0.25) is 5.91 Å². The summed E-state index contributed by atoms with van der Waals surface area (Å²) in [7, 11) is 1.50. The average Bonchev–Trinajstić information content (AvgIpc) is 3.03. The number of nitrogens with zero attached hydrogens (tertiary/aromatic N) is 1. The quantitative estimate of drug-likeness (QED) is 0.677. The Balaban J connectivity index is 2.23. The highest BCUT2D eigenvalue weighted by molar-refractivity contribution is 7.18. The molecule has 2 rings (SSSR count). The second-order valence-electron chi connectivity index (χ2n) is 6.53. The number of likely N-dealkylation sites (tertiary alicyclic amines) is 1. The molecule has 1 aliphatic heterocycles. The largest absolute Gasteiger partial charge is 0.462 e. The van der Waals surface area contributed by atoms with Gasteiger partial charge in [0, 0.05) is 20.1 Å². The van der Waals surface area contributed by atoms with E-state index < -0.39 is 18.0 Å². The first-order valence-corrected chi connectivity index (χ1v) is 10.4. The van der Waals surface area contributed by atoms with Crippen LogP contribution in [0.4, 0.5) is 9.80 Å². The summed E-state index contributed by atoms with van der Waals surface area (Å²) in [6, 6.07) is 0. The number of thiophene rings is 1. The maximum Gasteiger partial charge on any atom is 0.409 e. The number of rotatable bonds is 6. The van der Waals surface area contributed by atoms with Crippen LogP contribution in [0.15, 0.2) is 0 Å². The van der Waals surface area contributed by atoms with Gasteiger partial charge in [0.25, 0.3) is 5.91 Å². The van der Waals surface area contributed by atoms with E-state index in [-0.39, 0.29) is 42.1 Å². The van der Waals surface area contributed by atoms with E-state index in [1.807, 2.05) is 0 Å². The van der Waals surface area contributed by atoms with Crippen molar-refractivity contribution < 1.29 is 28.7 Å². The molecule has 0 bridgehead atoms. The number of piperidine rings is 1. The molecule has 3 amide bonds. The van der Waals surface area contributed by atoms with Crippen LogP contribution < -0.4 is 10.6 Å². The summed E-state index contributed by atoms with van der Waals surface area (Å²) in [5.74, 6) is -1.68. The molecule has 0 unspecified atom stereocenters. The molecule has 0 radical (unpaired) electrons. The average molecular weight is 426 g/mol. The molecule has 160 valence electrons. The van der Waals surface area contributed by atoms with Crippen molar-refractivity contribution in [3.05, 3.63) is 16.0 Å². The highest BCUT2D eigenvalue weighted by atomic mass is 32.1. The predicted molar refractivity (Wildman–Crippen MR) is 108 cm³/mol. The Morgan fingerprint density at radius 2 is 1.86 bits per heavy atom. The van der Waals surface area contributed by atoms with Crippen molar-refractivity contribution in [2.45, 2.75) is 33.6 Å². The molecule has 0 aliphatic carbocycles. The fourth-order valence-electron chi connectivity index (χ4n) is 3.17. The third-order valence-corrected chi connectivity index (χ3v) is 5.82. The van der Waals surface area contributed by atoms with Gasteiger partial charge in [-0.1, -0.05) is 0 Å². The summed E-state index contributed by atoms with van der Waals surface area (Å²) in [4.78, 5) is 51.2. The Morgan fingerprint density at radius 1 is 1.17 bits per heavy atom. The molecule has 1 aliphatic rings. The summed E-state index contributed by atoms with van der Waals surface area (Å²) in [5.41, 5.74) is 0.641. The van der Waals surface area contributed by atoms with Crippen molar-refractivity contribution in [3.8, 4) is 0 Å². The lowest BCUT2D eigenvalue weighted by Crippen LogP contribution is -2.44. The summed E-state index contributed by atoms with van der Waals surface area (Å²) in [5, 5.41) is 5.58. The van der Waals surface area contributed by atoms with Gasteiger partial charge >= 0.3 is 12.1 Å². The first kappa shape index (κ1) is 22.7. The normalized spacial score (nSPS) is 16.1. The van der Waals surface area contributed by atoms with Crippen molar-refractivity contribution in [2.24, 2.45) is 5.92 Å². The van der Waals surface area contributed by atoms with Crippen LogP contribution in [0.1, 0.15) is 52.3 Å². The van der Waals surface area contributed by atoms with Gasteiger partial charge in [0.1, 0.15) is 5.00 Å². The van der Waals surface area contributed by atoms with Gasteiger partial charge in [0.15, 0.2) is 0 Å². The number of anilines is 1. The van der Waals surface area contributed by atoms with Gasteiger partial charge in [-0.2, -0.15) is 0 Å². The summed E-state index contributed by atoms with van der Waals surface area (Å²) in [6.07, 6.45) is 0.851. The van der Waals surface area contributed by atoms with E-state index >= 15 is 0 Å². The van der Waals surface area contributed by atoms with Crippen LogP contribution in [0, 0.1) is 12.8 Å². The Labute approximate surface area is 173 Å². The van der Waals surface area contributed by atoms with E-state index in [2.05, 4.69) is 10.6 Å². The second kappa shape index (κ2) is 10.2. The molecule has 0 aromatic carbocycles. The third kappa shape index (κ3) is 5.26. The Bertz CT molecular complexity index is 791. The molecule has 2 heterocycles. The molecule has 1 atom stereocenters. The zero-order valence-electron chi connectivity index (χ0n) is 17.1. The number of hydrogen-bond acceptors (Lipinski definition) is 7. The van der Waals surface area contributed by atoms with Crippen molar-refractivity contribution in [1.82, 2.24) is 10.2 Å². The Hall–Kier alpha value is -2.62. The minimum absolute atomic E-state index is 0.175. The molecule has 2 N–H and O–H groups in total. The standard InChI is InChI=1S/C19H27N3O6S/c1-5-27-18(25)13-11(3)14(16(24)20-4)29-17(13)21-15(23)12-8-7-9-22(10-12)19(26)28-6-2/h12H,5-10H2,1-4H3,(H,20,24)(H,21,23)/t12-/m0/s1. The Kier molecular flexibility index (Phi) is 8.00. The zero-order chi connectivity index (χ0) is 21.6. The minimum Gasteiger partial charge on any atom is -0.462 e. The first-order chi connectivity index (χ1) is 13.8. The van der Waals surface area contributed by atoms with Crippen molar-refractivity contribution in [3.63, 3.8) is 0 Å². The van der Waals surface area contributed by atoms with Gasteiger partial charge in [0.05, 0.1) is 29.6 Å². The topological polar surface area (TPSA) is 114 Å². The van der Waals surface area contributed by atoms with Crippen LogP contribution in [0.3, 0.4) is 0 Å².